The molecule has 0 amide bonds. The summed E-state index contributed by atoms with van der Waals surface area (Å²) in [6.45, 7) is 1.43. The first kappa shape index (κ1) is 8.73. The third-order valence-electron chi connectivity index (χ3n) is 3.16. The van der Waals surface area contributed by atoms with E-state index in [1.54, 1.807) is 0 Å². The van der Waals surface area contributed by atoms with Crippen LogP contribution < -0.4 is 0 Å². The molecule has 0 aromatic rings. The molecule has 3 saturated carbocycles. The highest BCUT2D eigenvalue weighted by Crippen LogP contribution is 2.40. The van der Waals surface area contributed by atoms with Crippen LogP contribution in [0, 0.1) is 11.8 Å². The summed E-state index contributed by atoms with van der Waals surface area (Å²) in [4.78, 5) is 22.1. The zero-order valence-corrected chi connectivity index (χ0v) is 7.79. The van der Waals surface area contributed by atoms with Crippen molar-refractivity contribution >= 4 is 11.8 Å². The molecule has 13 heavy (non-hydrogen) atoms. The number of ketones is 1. The van der Waals surface area contributed by atoms with E-state index < -0.39 is 0 Å². The highest BCUT2D eigenvalue weighted by Gasteiger charge is 2.42. The lowest BCUT2D eigenvalue weighted by Gasteiger charge is -2.40. The Balaban J connectivity index is 2.02. The van der Waals surface area contributed by atoms with Gasteiger partial charge in [0.1, 0.15) is 11.9 Å². The maximum absolute atomic E-state index is 11.3. The molecule has 0 N–H and O–H groups in total. The standard InChI is InChI=1S/C10H14O3/c1-6(11)13-10-5-7-2-3-8(10)4-9(7)12/h7-8,10H,2-5H2,1H3/t7-,8-,10+/m1/s1. The van der Waals surface area contributed by atoms with Crippen LogP contribution >= 0.6 is 0 Å². The second-order valence-corrected chi connectivity index (χ2v) is 4.09. The summed E-state index contributed by atoms with van der Waals surface area (Å²) in [5, 5.41) is 0. The Morgan fingerprint density at radius 3 is 2.69 bits per heavy atom. The van der Waals surface area contributed by atoms with Crippen LogP contribution in [-0.4, -0.2) is 17.9 Å². The minimum atomic E-state index is -0.218. The Morgan fingerprint density at radius 2 is 2.23 bits per heavy atom. The molecule has 3 aliphatic carbocycles. The molecule has 72 valence electrons. The Hall–Kier alpha value is -0.860. The Labute approximate surface area is 77.4 Å². The zero-order chi connectivity index (χ0) is 9.42. The topological polar surface area (TPSA) is 43.4 Å². The molecular formula is C10H14O3. The summed E-state index contributed by atoms with van der Waals surface area (Å²) in [5.41, 5.74) is 0. The van der Waals surface area contributed by atoms with Crippen LogP contribution in [0.4, 0.5) is 0 Å². The minimum Gasteiger partial charge on any atom is -0.462 e. The van der Waals surface area contributed by atoms with Gasteiger partial charge in [-0.3, -0.25) is 9.59 Å². The number of hydrogen-bond acceptors (Lipinski definition) is 3. The van der Waals surface area contributed by atoms with Crippen LogP contribution in [0.3, 0.4) is 0 Å². The molecular weight excluding hydrogens is 168 g/mol. The Bertz CT molecular complexity index is 247. The van der Waals surface area contributed by atoms with E-state index in [9.17, 15) is 9.59 Å². The van der Waals surface area contributed by atoms with E-state index in [1.165, 1.54) is 6.92 Å². The van der Waals surface area contributed by atoms with E-state index in [0.29, 0.717) is 18.1 Å². The summed E-state index contributed by atoms with van der Waals surface area (Å²) in [6, 6.07) is 0. The third-order valence-corrected chi connectivity index (χ3v) is 3.16. The normalized spacial score (nSPS) is 37.6. The van der Waals surface area contributed by atoms with Crippen molar-refractivity contribution < 1.29 is 14.3 Å². The van der Waals surface area contributed by atoms with Gasteiger partial charge in [-0.05, 0) is 19.3 Å². The van der Waals surface area contributed by atoms with Gasteiger partial charge in [0, 0.05) is 25.2 Å². The van der Waals surface area contributed by atoms with Gasteiger partial charge in [0.15, 0.2) is 0 Å². The van der Waals surface area contributed by atoms with Crippen LogP contribution in [-0.2, 0) is 14.3 Å². The Kier molecular flexibility index (Phi) is 2.10. The van der Waals surface area contributed by atoms with E-state index in [4.69, 9.17) is 4.74 Å². The molecule has 0 aromatic heterocycles. The second-order valence-electron chi connectivity index (χ2n) is 4.09. The lowest BCUT2D eigenvalue weighted by molar-refractivity contribution is -0.159. The SMILES string of the molecule is CC(=O)O[C@H]1C[C@H]2CC[C@@H]1CC2=O. The van der Waals surface area contributed by atoms with Crippen molar-refractivity contribution in [3.05, 3.63) is 0 Å². The average Bonchev–Trinajstić information content (AvgIpc) is 2.05. The maximum Gasteiger partial charge on any atom is 0.302 e. The number of ether oxygens (including phenoxy) is 1. The fraction of sp³-hybridized carbons (Fsp3) is 0.800. The quantitative estimate of drug-likeness (QED) is 0.574. The predicted octanol–water partition coefficient (Wildman–Crippen LogP) is 1.31. The molecule has 0 unspecified atom stereocenters. The molecule has 0 heterocycles. The first-order valence-corrected chi connectivity index (χ1v) is 4.86. The summed E-state index contributed by atoms with van der Waals surface area (Å²) < 4.78 is 5.18. The maximum atomic E-state index is 11.3. The van der Waals surface area contributed by atoms with E-state index in [2.05, 4.69) is 0 Å². The number of fused-ring (bicyclic) bond motifs is 3. The molecule has 3 aliphatic rings. The lowest BCUT2D eigenvalue weighted by atomic mass is 9.68. The summed E-state index contributed by atoms with van der Waals surface area (Å²) >= 11 is 0. The smallest absolute Gasteiger partial charge is 0.302 e. The molecule has 0 saturated heterocycles. The number of carbonyl (C=O) groups excluding carboxylic acids is 2. The zero-order valence-electron chi connectivity index (χ0n) is 7.79. The molecule has 3 nitrogen and oxygen atoms in total. The van der Waals surface area contributed by atoms with Gasteiger partial charge in [-0.1, -0.05) is 0 Å². The lowest BCUT2D eigenvalue weighted by Crippen LogP contribution is -2.43. The third kappa shape index (κ3) is 1.60. The van der Waals surface area contributed by atoms with E-state index in [0.717, 1.165) is 19.3 Å². The van der Waals surface area contributed by atoms with Gasteiger partial charge >= 0.3 is 5.97 Å². The number of hydrogen-bond donors (Lipinski definition) is 0. The molecule has 3 heteroatoms. The van der Waals surface area contributed by atoms with E-state index in [-0.39, 0.29) is 18.0 Å². The van der Waals surface area contributed by atoms with Gasteiger partial charge in [0.05, 0.1) is 0 Å². The summed E-state index contributed by atoms with van der Waals surface area (Å²) in [7, 11) is 0. The van der Waals surface area contributed by atoms with Gasteiger partial charge < -0.3 is 4.74 Å². The van der Waals surface area contributed by atoms with Crippen molar-refractivity contribution in [2.45, 2.75) is 38.7 Å². The summed E-state index contributed by atoms with van der Waals surface area (Å²) in [5.74, 6) is 0.639. The highest BCUT2D eigenvalue weighted by atomic mass is 16.5. The fourth-order valence-corrected chi connectivity index (χ4v) is 2.50. The van der Waals surface area contributed by atoms with E-state index >= 15 is 0 Å². The average molecular weight is 182 g/mol. The van der Waals surface area contributed by atoms with Crippen molar-refractivity contribution in [3.63, 3.8) is 0 Å². The van der Waals surface area contributed by atoms with Crippen molar-refractivity contribution in [2.24, 2.45) is 11.8 Å². The van der Waals surface area contributed by atoms with Gasteiger partial charge in [-0.15, -0.1) is 0 Å². The monoisotopic (exact) mass is 182 g/mol. The van der Waals surface area contributed by atoms with Crippen LogP contribution in [0.15, 0.2) is 0 Å². The molecule has 0 aromatic carbocycles. The predicted molar refractivity (Wildman–Crippen MR) is 46.0 cm³/mol. The van der Waals surface area contributed by atoms with Crippen LogP contribution in [0.5, 0.6) is 0 Å². The molecule has 0 spiro atoms. The molecule has 2 bridgehead atoms. The molecule has 0 aliphatic heterocycles. The van der Waals surface area contributed by atoms with Crippen molar-refractivity contribution in [1.82, 2.24) is 0 Å². The van der Waals surface area contributed by atoms with E-state index in [1.807, 2.05) is 0 Å². The van der Waals surface area contributed by atoms with Crippen LogP contribution in [0.25, 0.3) is 0 Å². The molecule has 3 fully saturated rings. The first-order valence-electron chi connectivity index (χ1n) is 4.86. The summed E-state index contributed by atoms with van der Waals surface area (Å²) in [6.07, 6.45) is 3.47. The van der Waals surface area contributed by atoms with Crippen LogP contribution in [0.2, 0.25) is 0 Å². The largest absolute Gasteiger partial charge is 0.462 e. The van der Waals surface area contributed by atoms with Gasteiger partial charge in [0.25, 0.3) is 0 Å². The van der Waals surface area contributed by atoms with Crippen molar-refractivity contribution in [2.75, 3.05) is 0 Å². The number of rotatable bonds is 1. The van der Waals surface area contributed by atoms with Crippen molar-refractivity contribution in [1.29, 1.82) is 0 Å². The first-order chi connectivity index (χ1) is 6.16. The molecule has 3 rings (SSSR count). The highest BCUT2D eigenvalue weighted by molar-refractivity contribution is 5.83. The van der Waals surface area contributed by atoms with Gasteiger partial charge in [-0.2, -0.15) is 0 Å². The van der Waals surface area contributed by atoms with Crippen molar-refractivity contribution in [3.8, 4) is 0 Å². The Morgan fingerprint density at radius 1 is 1.46 bits per heavy atom. The molecule has 3 atom stereocenters. The van der Waals surface area contributed by atoms with Gasteiger partial charge in [-0.25, -0.2) is 0 Å². The number of esters is 1. The second kappa shape index (κ2) is 3.13. The fourth-order valence-electron chi connectivity index (χ4n) is 2.50. The number of Topliss-reactive ketones (excluding diaryl/α,β-unsaturated/α-hetero) is 1. The number of carbonyl (C=O) groups is 2. The van der Waals surface area contributed by atoms with Gasteiger partial charge in [0.2, 0.25) is 0 Å². The van der Waals surface area contributed by atoms with Crippen LogP contribution in [0.1, 0.15) is 32.6 Å². The molecule has 0 radical (unpaired) electrons. The minimum absolute atomic E-state index is 0.0222.